The van der Waals surface area contributed by atoms with Gasteiger partial charge >= 0.3 is 0 Å². The predicted molar refractivity (Wildman–Crippen MR) is 152 cm³/mol. The average Bonchev–Trinajstić information content (AvgIpc) is 3.09. The summed E-state index contributed by atoms with van der Waals surface area (Å²) in [5, 5.41) is 1.29. The normalized spacial score (nSPS) is 15.8. The van der Waals surface area contributed by atoms with Crippen LogP contribution in [0.1, 0.15) is 61.6 Å². The molecule has 0 amide bonds. The molecule has 5 rings (SSSR count). The first-order chi connectivity index (χ1) is 17.4. The molecule has 1 N–H and O–H groups in total. The second-order valence-electron chi connectivity index (χ2n) is 10.1. The average molecular weight is 502 g/mol. The van der Waals surface area contributed by atoms with Gasteiger partial charge in [-0.2, -0.15) is 0 Å². The van der Waals surface area contributed by atoms with Crippen molar-refractivity contribution >= 4 is 40.6 Å². The van der Waals surface area contributed by atoms with Crippen molar-refractivity contribution in [3.05, 3.63) is 65.2 Å². The number of hydrogen-bond acceptors (Lipinski definition) is 5. The van der Waals surface area contributed by atoms with Gasteiger partial charge < -0.3 is 14.0 Å². The number of nitrogens with zero attached hydrogens (tertiary/aromatic N) is 2. The first kappa shape index (κ1) is 24.7. The van der Waals surface area contributed by atoms with Gasteiger partial charge in [0.25, 0.3) is 0 Å². The van der Waals surface area contributed by atoms with Crippen LogP contribution in [-0.4, -0.2) is 35.9 Å². The molecular weight excluding hydrogens is 466 g/mol. The number of carbonyl (C=O) groups is 1. The summed E-state index contributed by atoms with van der Waals surface area (Å²) in [6, 6.07) is 12.9. The summed E-state index contributed by atoms with van der Waals surface area (Å²) in [6.45, 7) is 6.50. The van der Waals surface area contributed by atoms with Gasteiger partial charge in [-0.05, 0) is 86.8 Å². The second-order valence-corrected chi connectivity index (χ2v) is 11.2. The third kappa shape index (κ3) is 4.60. The molecule has 2 heterocycles. The first-order valence-corrected chi connectivity index (χ1v) is 13.5. The van der Waals surface area contributed by atoms with Crippen molar-refractivity contribution in [2.45, 2.75) is 51.5 Å². The fraction of sp³-hybridized carbons (Fsp3) is 0.367. The molecule has 0 radical (unpaired) electrons. The minimum absolute atomic E-state index is 0.0994. The molecule has 0 unspecified atom stereocenters. The molecule has 0 spiro atoms. The summed E-state index contributed by atoms with van der Waals surface area (Å²) in [6.07, 6.45) is 8.32. The lowest BCUT2D eigenvalue weighted by Crippen LogP contribution is -2.11. The van der Waals surface area contributed by atoms with E-state index >= 15 is 0 Å². The number of fused-ring (bicyclic) bond motifs is 5. The van der Waals surface area contributed by atoms with Crippen molar-refractivity contribution in [3.63, 3.8) is 0 Å². The van der Waals surface area contributed by atoms with Crippen LogP contribution >= 0.6 is 12.1 Å². The summed E-state index contributed by atoms with van der Waals surface area (Å²) in [5.74, 6) is 1.42. The number of benzene rings is 2. The minimum Gasteiger partial charge on any atom is -0.497 e. The van der Waals surface area contributed by atoms with Crippen LogP contribution < -0.4 is 9.46 Å². The van der Waals surface area contributed by atoms with Crippen LogP contribution in [0.15, 0.2) is 48.6 Å². The van der Waals surface area contributed by atoms with Gasteiger partial charge in [0, 0.05) is 39.9 Å². The molecule has 2 aliphatic rings. The van der Waals surface area contributed by atoms with E-state index < -0.39 is 0 Å². The molecule has 1 fully saturated rings. The Hall–Kier alpha value is -2.96. The Morgan fingerprint density at radius 2 is 1.92 bits per heavy atom. The maximum absolute atomic E-state index is 12.7. The highest BCUT2D eigenvalue weighted by atomic mass is 32.2. The van der Waals surface area contributed by atoms with E-state index in [4.69, 9.17) is 4.74 Å². The van der Waals surface area contributed by atoms with Crippen LogP contribution in [0.2, 0.25) is 0 Å². The molecule has 1 aliphatic heterocycles. The number of methoxy groups -OCH3 is 1. The fourth-order valence-corrected chi connectivity index (χ4v) is 6.06. The van der Waals surface area contributed by atoms with Crippen LogP contribution in [0.5, 0.6) is 5.75 Å². The van der Waals surface area contributed by atoms with E-state index in [-0.39, 0.29) is 5.78 Å². The number of nitrogens with one attached hydrogen (secondary N) is 1. The van der Waals surface area contributed by atoms with E-state index in [0.29, 0.717) is 12.5 Å². The van der Waals surface area contributed by atoms with Gasteiger partial charge in [-0.15, -0.1) is 0 Å². The zero-order chi connectivity index (χ0) is 25.4. The molecule has 0 atom stereocenters. The van der Waals surface area contributed by atoms with Crippen LogP contribution in [0.25, 0.3) is 33.9 Å². The number of carbonyl (C=O) groups excluding carboxylic acids is 1. The summed E-state index contributed by atoms with van der Waals surface area (Å²) >= 11 is 1.51. The van der Waals surface area contributed by atoms with Gasteiger partial charge in [0.05, 0.1) is 19.3 Å². The number of hydrogen-bond donors (Lipinski definition) is 1. The number of ether oxygens (including phenoxy) is 1. The molecule has 1 saturated carbocycles. The first-order valence-electron chi connectivity index (χ1n) is 12.7. The molecule has 2 aromatic carbocycles. The smallest absolute Gasteiger partial charge is 0.157 e. The number of allylic oxidation sites excluding steroid dienone is 1. The lowest BCUT2D eigenvalue weighted by molar-refractivity contribution is -0.113. The number of ketones is 1. The van der Waals surface area contributed by atoms with Gasteiger partial charge in [0.1, 0.15) is 5.75 Å². The van der Waals surface area contributed by atoms with Crippen molar-refractivity contribution in [1.29, 1.82) is 0 Å². The Kier molecular flexibility index (Phi) is 7.00. The van der Waals surface area contributed by atoms with Crippen LogP contribution in [0, 0.1) is 0 Å². The Morgan fingerprint density at radius 1 is 1.14 bits per heavy atom. The Morgan fingerprint density at radius 3 is 2.61 bits per heavy atom. The van der Waals surface area contributed by atoms with Gasteiger partial charge in [-0.1, -0.05) is 38.0 Å². The van der Waals surface area contributed by atoms with E-state index in [1.165, 1.54) is 66.4 Å². The SMILES string of the molecule is C=C(NSN(C)C)c1ccc2c(C3CCCCC3)c3n(c2c1)CC(C(C)=O)=Cc1cc(OC)ccc1-3. The van der Waals surface area contributed by atoms with Crippen molar-refractivity contribution in [3.8, 4) is 17.0 Å². The van der Waals surface area contributed by atoms with E-state index in [1.54, 1.807) is 14.0 Å². The van der Waals surface area contributed by atoms with Gasteiger partial charge in [-0.25, -0.2) is 4.31 Å². The molecule has 6 heteroatoms. The monoisotopic (exact) mass is 501 g/mol. The topological polar surface area (TPSA) is 46.5 Å². The third-order valence-electron chi connectivity index (χ3n) is 7.44. The van der Waals surface area contributed by atoms with Crippen LogP contribution in [0.3, 0.4) is 0 Å². The molecule has 3 aromatic rings. The zero-order valence-electron chi connectivity index (χ0n) is 21.7. The highest BCUT2D eigenvalue weighted by Crippen LogP contribution is 2.47. The van der Waals surface area contributed by atoms with Crippen molar-refractivity contribution < 1.29 is 9.53 Å². The van der Waals surface area contributed by atoms with Gasteiger partial charge in [-0.3, -0.25) is 4.79 Å². The minimum atomic E-state index is 0.0994. The third-order valence-corrected chi connectivity index (χ3v) is 8.14. The van der Waals surface area contributed by atoms with E-state index in [2.05, 4.69) is 52.3 Å². The second kappa shape index (κ2) is 10.2. The van der Waals surface area contributed by atoms with Gasteiger partial charge in [0.15, 0.2) is 5.78 Å². The van der Waals surface area contributed by atoms with Gasteiger partial charge in [0.2, 0.25) is 0 Å². The van der Waals surface area contributed by atoms with Crippen molar-refractivity contribution in [1.82, 2.24) is 13.6 Å². The summed E-state index contributed by atoms with van der Waals surface area (Å²) in [7, 11) is 5.69. The number of aromatic nitrogens is 1. The van der Waals surface area contributed by atoms with Crippen molar-refractivity contribution in [2.24, 2.45) is 0 Å². The van der Waals surface area contributed by atoms with E-state index in [1.807, 2.05) is 24.5 Å². The molecule has 1 aliphatic carbocycles. The highest BCUT2D eigenvalue weighted by molar-refractivity contribution is 7.95. The van der Waals surface area contributed by atoms with Crippen molar-refractivity contribution in [2.75, 3.05) is 21.2 Å². The molecule has 0 saturated heterocycles. The van der Waals surface area contributed by atoms with Crippen LogP contribution in [-0.2, 0) is 11.3 Å². The zero-order valence-corrected chi connectivity index (χ0v) is 22.5. The standard InChI is InChI=1S/C30H35N3O2S/c1-19(31-36-32(3)4)22-11-13-27-28(17-22)33-18-24(20(2)34)15-23-16-25(35-5)12-14-26(23)30(33)29(27)21-9-7-6-8-10-21/h11-17,21,31H,1,6-10,18H2,2-5H3. The molecular formula is C30H35N3O2S. The Balaban J connectivity index is 1.76. The Labute approximate surface area is 218 Å². The Bertz CT molecular complexity index is 1360. The highest BCUT2D eigenvalue weighted by Gasteiger charge is 2.29. The van der Waals surface area contributed by atoms with E-state index in [9.17, 15) is 4.79 Å². The van der Waals surface area contributed by atoms with Crippen LogP contribution in [0.4, 0.5) is 0 Å². The molecule has 188 valence electrons. The molecule has 36 heavy (non-hydrogen) atoms. The number of rotatable bonds is 7. The summed E-state index contributed by atoms with van der Waals surface area (Å²) in [5.41, 5.74) is 8.80. The molecule has 5 nitrogen and oxygen atoms in total. The predicted octanol–water partition coefficient (Wildman–Crippen LogP) is 7.04. The lowest BCUT2D eigenvalue weighted by atomic mass is 9.81. The summed E-state index contributed by atoms with van der Waals surface area (Å²) < 4.78 is 13.3. The van der Waals surface area contributed by atoms with E-state index in [0.717, 1.165) is 33.7 Å². The maximum atomic E-state index is 12.7. The largest absolute Gasteiger partial charge is 0.497 e. The lowest BCUT2D eigenvalue weighted by Gasteiger charge is -2.24. The quantitative estimate of drug-likeness (QED) is 0.352. The fourth-order valence-electron chi connectivity index (χ4n) is 5.65. The molecule has 1 aromatic heterocycles. The molecule has 0 bridgehead atoms. The number of Topliss-reactive ketones (excluding diaryl/α,β-unsaturated/α-hetero) is 1. The maximum Gasteiger partial charge on any atom is 0.157 e. The summed E-state index contributed by atoms with van der Waals surface area (Å²) in [4.78, 5) is 12.7.